The lowest BCUT2D eigenvalue weighted by Crippen LogP contribution is -2.00. The summed E-state index contributed by atoms with van der Waals surface area (Å²) in [7, 11) is 0. The van der Waals surface area contributed by atoms with Crippen LogP contribution in [0.2, 0.25) is 0 Å². The zero-order valence-corrected chi connectivity index (χ0v) is 15.6. The van der Waals surface area contributed by atoms with Gasteiger partial charge in [0.05, 0.1) is 0 Å². The second-order valence-electron chi connectivity index (χ2n) is 5.60. The van der Waals surface area contributed by atoms with Crippen LogP contribution >= 0.6 is 0 Å². The molecule has 0 aromatic heterocycles. The van der Waals surface area contributed by atoms with E-state index >= 15 is 0 Å². The van der Waals surface area contributed by atoms with Gasteiger partial charge < -0.3 is 0 Å². The van der Waals surface area contributed by atoms with Gasteiger partial charge in [0.15, 0.2) is 0 Å². The quantitative estimate of drug-likeness (QED) is 0.472. The van der Waals surface area contributed by atoms with E-state index in [-0.39, 0.29) is 7.43 Å². The Labute approximate surface area is 151 Å². The first-order valence-electron chi connectivity index (χ1n) is 9.57. The Morgan fingerprint density at radius 3 is 1.00 bits per heavy atom. The highest BCUT2D eigenvalue weighted by Gasteiger charge is 2.07. The molecule has 24 heavy (non-hydrogen) atoms. The Morgan fingerprint density at radius 1 is 0.458 bits per heavy atom. The lowest BCUT2D eigenvalue weighted by Gasteiger charge is -2.13. The fraction of sp³-hybridized carbons (Fsp3) is 0.500. The average Bonchev–Trinajstić information content (AvgIpc) is 3.14. The Bertz CT molecular complexity index is 491. The average molecular weight is 327 g/mol. The first kappa shape index (κ1) is 22.4. The number of rotatable bonds is 0. The standard InChI is InChI=1S/C10H12.C9H10.2C2H6.CH4/c1-2-6-10-8-4-3-7-9(10)5-1;1-2-5-9-7-3-6-8(9)4-1;2*1-2;/h1-2,5-6H,3-4,7-8H2;1-2,4-5H,3,6-7H2;2*1-2H3;1H4. The Kier molecular flexibility index (Phi) is 12.9. The predicted octanol–water partition coefficient (Wildman–Crippen LogP) is 7.43. The molecule has 0 fully saturated rings. The van der Waals surface area contributed by atoms with Crippen LogP contribution in [0.4, 0.5) is 0 Å². The first-order valence-corrected chi connectivity index (χ1v) is 9.57. The summed E-state index contributed by atoms with van der Waals surface area (Å²) < 4.78 is 0. The molecule has 4 rings (SSSR count). The van der Waals surface area contributed by atoms with Crippen LogP contribution in [0.1, 0.15) is 76.6 Å². The molecule has 134 valence electrons. The van der Waals surface area contributed by atoms with E-state index < -0.39 is 0 Å². The summed E-state index contributed by atoms with van der Waals surface area (Å²) in [4.78, 5) is 0. The molecule has 0 saturated carbocycles. The third-order valence-corrected chi connectivity index (χ3v) is 4.27. The van der Waals surface area contributed by atoms with Gasteiger partial charge in [0.1, 0.15) is 0 Å². The normalized spacial score (nSPS) is 13.2. The van der Waals surface area contributed by atoms with E-state index in [1.54, 1.807) is 22.3 Å². The van der Waals surface area contributed by atoms with Crippen molar-refractivity contribution < 1.29 is 0 Å². The van der Waals surface area contributed by atoms with Crippen LogP contribution in [0, 0.1) is 0 Å². The summed E-state index contributed by atoms with van der Waals surface area (Å²) in [6.07, 6.45) is 9.34. The van der Waals surface area contributed by atoms with E-state index in [0.717, 1.165) is 0 Å². The highest BCUT2D eigenvalue weighted by Crippen LogP contribution is 2.20. The molecule has 0 heterocycles. The van der Waals surface area contributed by atoms with Gasteiger partial charge in [-0.25, -0.2) is 0 Å². The van der Waals surface area contributed by atoms with Crippen LogP contribution in [0.25, 0.3) is 0 Å². The second-order valence-corrected chi connectivity index (χ2v) is 5.60. The van der Waals surface area contributed by atoms with Crippen LogP contribution in [-0.4, -0.2) is 0 Å². The van der Waals surface area contributed by atoms with Gasteiger partial charge in [-0.2, -0.15) is 0 Å². The number of hydrogen-bond donors (Lipinski definition) is 0. The Morgan fingerprint density at radius 2 is 0.708 bits per heavy atom. The van der Waals surface area contributed by atoms with E-state index in [2.05, 4.69) is 48.5 Å². The molecule has 0 spiro atoms. The van der Waals surface area contributed by atoms with Crippen LogP contribution in [-0.2, 0) is 25.7 Å². The molecule has 0 atom stereocenters. The molecule has 0 bridgehead atoms. The lowest BCUT2D eigenvalue weighted by atomic mass is 9.92. The molecule has 2 aliphatic carbocycles. The zero-order valence-electron chi connectivity index (χ0n) is 15.6. The third kappa shape index (κ3) is 6.91. The van der Waals surface area contributed by atoms with Crippen molar-refractivity contribution >= 4 is 0 Å². The van der Waals surface area contributed by atoms with Gasteiger partial charge in [0.2, 0.25) is 0 Å². The first-order chi connectivity index (χ1) is 11.4. The topological polar surface area (TPSA) is 0 Å². The zero-order chi connectivity index (χ0) is 16.9. The third-order valence-electron chi connectivity index (χ3n) is 4.27. The SMILES string of the molecule is C.CC.CC.c1ccc2c(c1)CCC2.c1ccc2c(c1)CCCC2. The van der Waals surface area contributed by atoms with Crippen LogP contribution in [0.5, 0.6) is 0 Å². The van der Waals surface area contributed by atoms with Gasteiger partial charge in [-0.1, -0.05) is 83.7 Å². The summed E-state index contributed by atoms with van der Waals surface area (Å²) in [5.41, 5.74) is 6.29. The smallest absolute Gasteiger partial charge is 0.0273 e. The molecular formula is C24H38. The fourth-order valence-electron chi connectivity index (χ4n) is 3.19. The molecule has 0 aliphatic heterocycles. The van der Waals surface area contributed by atoms with E-state index in [4.69, 9.17) is 0 Å². The summed E-state index contributed by atoms with van der Waals surface area (Å²) >= 11 is 0. The second kappa shape index (κ2) is 13.8. The molecule has 0 N–H and O–H groups in total. The number of hydrogen-bond acceptors (Lipinski definition) is 0. The molecule has 0 unspecified atom stereocenters. The maximum Gasteiger partial charge on any atom is -0.0273 e. The summed E-state index contributed by atoms with van der Waals surface area (Å²) in [6, 6.07) is 17.5. The van der Waals surface area contributed by atoms with Gasteiger partial charge in [0, 0.05) is 0 Å². The van der Waals surface area contributed by atoms with E-state index in [1.807, 2.05) is 27.7 Å². The van der Waals surface area contributed by atoms with Crippen molar-refractivity contribution in [1.82, 2.24) is 0 Å². The van der Waals surface area contributed by atoms with E-state index in [1.165, 1.54) is 44.9 Å². The monoisotopic (exact) mass is 326 g/mol. The molecule has 0 heteroatoms. The van der Waals surface area contributed by atoms with Gasteiger partial charge in [0.25, 0.3) is 0 Å². The van der Waals surface area contributed by atoms with Crippen molar-refractivity contribution in [3.63, 3.8) is 0 Å². The van der Waals surface area contributed by atoms with Gasteiger partial charge in [-0.15, -0.1) is 0 Å². The van der Waals surface area contributed by atoms with Crippen LogP contribution in [0.15, 0.2) is 48.5 Å². The van der Waals surface area contributed by atoms with Gasteiger partial charge in [-0.05, 0) is 67.2 Å². The molecule has 2 aromatic carbocycles. The Balaban J connectivity index is 0.000000355. The fourth-order valence-corrected chi connectivity index (χ4v) is 3.19. The minimum atomic E-state index is 0. The largest absolute Gasteiger partial charge is 0.0776 e. The minimum absolute atomic E-state index is 0. The Hall–Kier alpha value is -1.56. The van der Waals surface area contributed by atoms with Gasteiger partial charge >= 0.3 is 0 Å². The molecule has 0 amide bonds. The minimum Gasteiger partial charge on any atom is -0.0776 e. The van der Waals surface area contributed by atoms with Crippen molar-refractivity contribution in [2.75, 3.05) is 0 Å². The lowest BCUT2D eigenvalue weighted by molar-refractivity contribution is 0.685. The maximum absolute atomic E-state index is 2.26. The van der Waals surface area contributed by atoms with E-state index in [0.29, 0.717) is 0 Å². The number of benzene rings is 2. The molecule has 0 radical (unpaired) electrons. The number of aryl methyl sites for hydroxylation is 4. The number of fused-ring (bicyclic) bond motifs is 2. The molecule has 0 nitrogen and oxygen atoms in total. The van der Waals surface area contributed by atoms with Crippen LogP contribution in [0.3, 0.4) is 0 Å². The van der Waals surface area contributed by atoms with Gasteiger partial charge in [-0.3, -0.25) is 0 Å². The van der Waals surface area contributed by atoms with Crippen molar-refractivity contribution in [3.05, 3.63) is 70.8 Å². The van der Waals surface area contributed by atoms with Crippen molar-refractivity contribution in [3.8, 4) is 0 Å². The molecule has 2 aromatic rings. The molecular weight excluding hydrogens is 288 g/mol. The predicted molar refractivity (Wildman–Crippen MR) is 111 cm³/mol. The summed E-state index contributed by atoms with van der Waals surface area (Å²) in [6.45, 7) is 8.00. The molecule has 2 aliphatic rings. The highest BCUT2D eigenvalue weighted by atomic mass is 14.1. The van der Waals surface area contributed by atoms with Crippen molar-refractivity contribution in [1.29, 1.82) is 0 Å². The maximum atomic E-state index is 2.26. The summed E-state index contributed by atoms with van der Waals surface area (Å²) in [5, 5.41) is 0. The highest BCUT2D eigenvalue weighted by molar-refractivity contribution is 5.30. The summed E-state index contributed by atoms with van der Waals surface area (Å²) in [5.74, 6) is 0. The van der Waals surface area contributed by atoms with Crippen molar-refractivity contribution in [2.45, 2.75) is 80.1 Å². The van der Waals surface area contributed by atoms with Crippen molar-refractivity contribution in [2.24, 2.45) is 0 Å². The van der Waals surface area contributed by atoms with Crippen LogP contribution < -0.4 is 0 Å². The van der Waals surface area contributed by atoms with E-state index in [9.17, 15) is 0 Å². The molecule has 0 saturated heterocycles.